The molecule has 0 atom stereocenters. The van der Waals surface area contributed by atoms with Crippen molar-refractivity contribution in [3.63, 3.8) is 0 Å². The van der Waals surface area contributed by atoms with Crippen LogP contribution in [-0.4, -0.2) is 93.9 Å². The molecule has 0 spiro atoms. The molecule has 28 heteroatoms. The van der Waals surface area contributed by atoms with E-state index in [9.17, 15) is 115 Å². The van der Waals surface area contributed by atoms with E-state index >= 15 is 0 Å². The number of carboxylic acid groups (broad SMARTS) is 1. The van der Waals surface area contributed by atoms with Gasteiger partial charge in [0.1, 0.15) is 0 Å². The average Bonchev–Trinajstić information content (AvgIpc) is 2.81. The van der Waals surface area contributed by atoms with Crippen molar-refractivity contribution in [2.75, 3.05) is 11.5 Å². The van der Waals surface area contributed by atoms with Gasteiger partial charge in [0.05, 0.1) is 6.42 Å². The van der Waals surface area contributed by atoms with Crippen LogP contribution in [-0.2, 0) is 4.79 Å². The van der Waals surface area contributed by atoms with Crippen molar-refractivity contribution in [1.29, 1.82) is 0 Å². The molecule has 0 saturated heterocycles. The van der Waals surface area contributed by atoms with Crippen molar-refractivity contribution in [1.82, 2.24) is 0 Å². The van der Waals surface area contributed by atoms with Crippen molar-refractivity contribution in [3.8, 4) is 0 Å². The number of alkyl halides is 25. The van der Waals surface area contributed by atoms with Gasteiger partial charge >= 0.3 is 77.3 Å². The van der Waals surface area contributed by atoms with Crippen LogP contribution in [0.4, 0.5) is 110 Å². The van der Waals surface area contributed by atoms with E-state index in [0.717, 1.165) is 0 Å². The topological polar surface area (TPSA) is 37.3 Å². The van der Waals surface area contributed by atoms with E-state index in [0.29, 0.717) is 0 Å². The van der Waals surface area contributed by atoms with E-state index in [4.69, 9.17) is 5.11 Å². The van der Waals surface area contributed by atoms with Gasteiger partial charge in [-0.15, -0.1) is 0 Å². The molecular weight excluding hydrogens is 743 g/mol. The van der Waals surface area contributed by atoms with Crippen LogP contribution >= 0.6 is 11.8 Å². The second-order valence-corrected chi connectivity index (χ2v) is 9.68. The molecule has 0 saturated carbocycles. The lowest BCUT2D eigenvalue weighted by Crippen LogP contribution is -2.78. The fraction of sp³-hybridized carbons (Fsp3) is 0.941. The minimum Gasteiger partial charge on any atom is -0.481 e. The molecule has 0 fully saturated rings. The van der Waals surface area contributed by atoms with E-state index in [1.54, 1.807) is 0 Å². The molecule has 1 N–H and O–H groups in total. The molecule has 2 nitrogen and oxygen atoms in total. The summed E-state index contributed by atoms with van der Waals surface area (Å²) < 4.78 is 334. The number of aliphatic carboxylic acids is 1. The van der Waals surface area contributed by atoms with Gasteiger partial charge in [0.25, 0.3) is 0 Å². The van der Waals surface area contributed by atoms with Crippen LogP contribution in [0, 0.1) is 0 Å². The highest BCUT2D eigenvalue weighted by atomic mass is 32.2. The third-order valence-corrected chi connectivity index (χ3v) is 6.37. The maximum atomic E-state index is 13.8. The quantitative estimate of drug-likeness (QED) is 0.126. The standard InChI is InChI=1S/C17H9F25O2S/c18-6(19,2-4-45-3-1-5(43)44)7(20,21)8(22,23)9(24,25)10(26,27)11(28,29)12(30,31)13(32,33)14(34,35)15(36,37)16(38,39)17(40,41)42/h1-4H2,(H,43,44). The number of hydrogen-bond donors (Lipinski definition) is 1. The molecule has 0 heterocycles. The summed E-state index contributed by atoms with van der Waals surface area (Å²) in [5.41, 5.74) is 0. The molecule has 0 aliphatic carbocycles. The van der Waals surface area contributed by atoms with Gasteiger partial charge in [-0.05, 0) is 5.75 Å². The first kappa shape index (κ1) is 43.1. The summed E-state index contributed by atoms with van der Waals surface area (Å²) in [5.74, 6) is -103. The lowest BCUT2D eigenvalue weighted by molar-refractivity contribution is -0.482. The molecule has 0 amide bonds. The van der Waals surface area contributed by atoms with Crippen LogP contribution in [0.1, 0.15) is 12.8 Å². The summed E-state index contributed by atoms with van der Waals surface area (Å²) in [7, 11) is 0. The van der Waals surface area contributed by atoms with E-state index in [1.807, 2.05) is 0 Å². The van der Waals surface area contributed by atoms with E-state index in [1.165, 1.54) is 0 Å². The Morgan fingerprint density at radius 2 is 0.644 bits per heavy atom. The van der Waals surface area contributed by atoms with Gasteiger partial charge in [-0.1, -0.05) is 0 Å². The summed E-state index contributed by atoms with van der Waals surface area (Å²) in [6, 6.07) is 0. The highest BCUT2D eigenvalue weighted by Gasteiger charge is 2.99. The first-order chi connectivity index (χ1) is 19.2. The highest BCUT2D eigenvalue weighted by molar-refractivity contribution is 7.99. The molecule has 0 aliphatic rings. The van der Waals surface area contributed by atoms with Gasteiger partial charge in [0, 0.05) is 12.2 Å². The zero-order valence-electron chi connectivity index (χ0n) is 20.0. The van der Waals surface area contributed by atoms with Gasteiger partial charge in [-0.2, -0.15) is 122 Å². The Bertz CT molecular complexity index is 1060. The van der Waals surface area contributed by atoms with Gasteiger partial charge in [-0.25, -0.2) is 0 Å². The van der Waals surface area contributed by atoms with Crippen LogP contribution < -0.4 is 0 Å². The molecular formula is C17H9F25O2S. The fourth-order valence-corrected chi connectivity index (χ4v) is 3.53. The van der Waals surface area contributed by atoms with Gasteiger partial charge < -0.3 is 5.11 Å². The Morgan fingerprint density at radius 3 is 0.889 bits per heavy atom. The first-order valence-electron chi connectivity index (χ1n) is 10.2. The Labute approximate surface area is 234 Å². The molecule has 0 unspecified atom stereocenters. The molecule has 45 heavy (non-hydrogen) atoms. The van der Waals surface area contributed by atoms with Crippen LogP contribution in [0.5, 0.6) is 0 Å². The molecule has 0 rings (SSSR count). The summed E-state index contributed by atoms with van der Waals surface area (Å²) in [6.07, 6.45) is -12.0. The number of carboxylic acids is 1. The predicted octanol–water partition coefficient (Wildman–Crippen LogP) is 9.13. The predicted molar refractivity (Wildman–Crippen MR) is 94.7 cm³/mol. The van der Waals surface area contributed by atoms with Crippen LogP contribution in [0.25, 0.3) is 0 Å². The average molecular weight is 752 g/mol. The van der Waals surface area contributed by atoms with Crippen LogP contribution in [0.2, 0.25) is 0 Å². The van der Waals surface area contributed by atoms with Gasteiger partial charge in [-0.3, -0.25) is 4.79 Å². The van der Waals surface area contributed by atoms with Crippen molar-refractivity contribution in [2.45, 2.75) is 84.2 Å². The lowest BCUT2D eigenvalue weighted by Gasteiger charge is -2.45. The maximum absolute atomic E-state index is 13.8. The van der Waals surface area contributed by atoms with Gasteiger partial charge in [0.2, 0.25) is 0 Å². The lowest BCUT2D eigenvalue weighted by atomic mass is 9.84. The Hall–Kier alpha value is -1.93. The molecule has 0 bridgehead atoms. The normalized spacial score (nSPS) is 16.3. The number of thioether (sulfide) groups is 1. The second-order valence-electron chi connectivity index (χ2n) is 8.45. The van der Waals surface area contributed by atoms with Crippen molar-refractivity contribution in [2.24, 2.45) is 0 Å². The van der Waals surface area contributed by atoms with Crippen molar-refractivity contribution >= 4 is 17.7 Å². The van der Waals surface area contributed by atoms with E-state index in [-0.39, 0.29) is 11.8 Å². The molecule has 0 radical (unpaired) electrons. The third-order valence-electron chi connectivity index (χ3n) is 5.39. The zero-order valence-corrected chi connectivity index (χ0v) is 20.9. The third kappa shape index (κ3) is 6.00. The molecule has 0 aromatic carbocycles. The van der Waals surface area contributed by atoms with E-state index in [2.05, 4.69) is 0 Å². The Morgan fingerprint density at radius 1 is 0.400 bits per heavy atom. The van der Waals surface area contributed by atoms with Crippen molar-refractivity contribution in [3.05, 3.63) is 0 Å². The van der Waals surface area contributed by atoms with E-state index < -0.39 is 102 Å². The molecule has 270 valence electrons. The number of rotatable bonds is 16. The monoisotopic (exact) mass is 752 g/mol. The van der Waals surface area contributed by atoms with Crippen LogP contribution in [0.3, 0.4) is 0 Å². The molecule has 0 aromatic rings. The zero-order chi connectivity index (χ0) is 37.1. The largest absolute Gasteiger partial charge is 0.481 e. The minimum absolute atomic E-state index is 0.167. The van der Waals surface area contributed by atoms with Crippen molar-refractivity contribution < 1.29 is 120 Å². The molecule has 0 aliphatic heterocycles. The number of carbonyl (C=O) groups is 1. The fourth-order valence-electron chi connectivity index (χ4n) is 2.60. The summed E-state index contributed by atoms with van der Waals surface area (Å²) in [4.78, 5) is 10.2. The molecule has 0 aromatic heterocycles. The Kier molecular flexibility index (Phi) is 11.1. The highest BCUT2D eigenvalue weighted by Crippen LogP contribution is 2.67. The smallest absolute Gasteiger partial charge is 0.460 e. The minimum atomic E-state index is -9.61. The van der Waals surface area contributed by atoms with Crippen LogP contribution in [0.15, 0.2) is 0 Å². The number of halogens is 25. The van der Waals surface area contributed by atoms with Gasteiger partial charge in [0.15, 0.2) is 0 Å². The second kappa shape index (κ2) is 11.6. The summed E-state index contributed by atoms with van der Waals surface area (Å²) in [6.45, 7) is 0. The summed E-state index contributed by atoms with van der Waals surface area (Å²) >= 11 is -0.167. The number of hydrogen-bond acceptors (Lipinski definition) is 2. The summed E-state index contributed by atoms with van der Waals surface area (Å²) in [5, 5.41) is 8.25. The first-order valence-corrected chi connectivity index (χ1v) is 11.3. The maximum Gasteiger partial charge on any atom is 0.460 e. The Balaban J connectivity index is 6.99. The SMILES string of the molecule is O=C(O)CCSCCC(F)(F)C(F)(F)C(F)(F)C(F)(F)C(F)(F)C(F)(F)C(F)(F)C(F)(F)C(F)(F)C(F)(F)C(F)(F)C(F)(F)F.